The average molecular weight is 138 g/mol. The molecule has 0 aromatic carbocycles. The Balaban J connectivity index is 2.23. The molecule has 0 spiro atoms. The van der Waals surface area contributed by atoms with E-state index in [1.165, 1.54) is 19.4 Å². The van der Waals surface area contributed by atoms with E-state index in [2.05, 4.69) is 17.1 Å². The van der Waals surface area contributed by atoms with Gasteiger partial charge in [-0.3, -0.25) is 4.90 Å². The zero-order valence-corrected chi connectivity index (χ0v) is 6.21. The zero-order chi connectivity index (χ0) is 7.03. The van der Waals surface area contributed by atoms with Crippen molar-refractivity contribution in [3.05, 3.63) is 12.2 Å². The molecule has 1 fully saturated rings. The fourth-order valence-electron chi connectivity index (χ4n) is 2.12. The second-order valence-electron chi connectivity index (χ2n) is 3.26. The molecule has 2 heterocycles. The summed E-state index contributed by atoms with van der Waals surface area (Å²) in [4.78, 5) is 2.48. The van der Waals surface area contributed by atoms with Crippen LogP contribution in [0.2, 0.25) is 0 Å². The Bertz CT molecular complexity index is 165. The summed E-state index contributed by atoms with van der Waals surface area (Å²) in [7, 11) is 0. The monoisotopic (exact) mass is 138 g/mol. The van der Waals surface area contributed by atoms with Crippen molar-refractivity contribution in [2.24, 2.45) is 5.73 Å². The summed E-state index contributed by atoms with van der Waals surface area (Å²) in [5, 5.41) is 0. The van der Waals surface area contributed by atoms with E-state index in [0.29, 0.717) is 0 Å². The lowest BCUT2D eigenvalue weighted by Crippen LogP contribution is -2.44. The molecule has 0 bridgehead atoms. The standard InChI is InChI=1S/C8H14N2/c9-7-8-3-1-5-10(8)6-2-4-8/h1,3H,2,4-7,9H2. The third-order valence-electron chi connectivity index (χ3n) is 2.77. The quantitative estimate of drug-likeness (QED) is 0.530. The van der Waals surface area contributed by atoms with Gasteiger partial charge >= 0.3 is 0 Å². The molecular weight excluding hydrogens is 124 g/mol. The van der Waals surface area contributed by atoms with Crippen LogP contribution in [0.3, 0.4) is 0 Å². The minimum atomic E-state index is 0.278. The third kappa shape index (κ3) is 0.662. The Kier molecular flexibility index (Phi) is 1.32. The van der Waals surface area contributed by atoms with Crippen LogP contribution in [0.25, 0.3) is 0 Å². The summed E-state index contributed by atoms with van der Waals surface area (Å²) >= 11 is 0. The predicted molar refractivity (Wildman–Crippen MR) is 41.7 cm³/mol. The van der Waals surface area contributed by atoms with Gasteiger partial charge < -0.3 is 5.73 Å². The van der Waals surface area contributed by atoms with Crippen molar-refractivity contribution in [3.63, 3.8) is 0 Å². The van der Waals surface area contributed by atoms with Crippen LogP contribution in [0.4, 0.5) is 0 Å². The number of nitrogens with two attached hydrogens (primary N) is 1. The van der Waals surface area contributed by atoms with Crippen LogP contribution < -0.4 is 5.73 Å². The van der Waals surface area contributed by atoms with Crippen molar-refractivity contribution in [2.45, 2.75) is 18.4 Å². The molecule has 2 heteroatoms. The van der Waals surface area contributed by atoms with E-state index >= 15 is 0 Å². The molecule has 1 saturated heterocycles. The lowest BCUT2D eigenvalue weighted by molar-refractivity contribution is 0.233. The highest BCUT2D eigenvalue weighted by molar-refractivity contribution is 5.18. The first-order valence-electron chi connectivity index (χ1n) is 4.00. The van der Waals surface area contributed by atoms with Gasteiger partial charge in [-0.1, -0.05) is 12.2 Å². The molecule has 0 aliphatic carbocycles. The molecule has 2 aliphatic heterocycles. The topological polar surface area (TPSA) is 29.3 Å². The molecular formula is C8H14N2. The minimum absolute atomic E-state index is 0.278. The summed E-state index contributed by atoms with van der Waals surface area (Å²) in [5.74, 6) is 0. The zero-order valence-electron chi connectivity index (χ0n) is 6.21. The summed E-state index contributed by atoms with van der Waals surface area (Å²) in [5.41, 5.74) is 5.99. The molecule has 56 valence electrons. The first-order chi connectivity index (χ1) is 4.87. The first-order valence-corrected chi connectivity index (χ1v) is 4.00. The van der Waals surface area contributed by atoms with Crippen molar-refractivity contribution in [1.82, 2.24) is 4.90 Å². The SMILES string of the molecule is NCC12C=CCN1CCC2. The lowest BCUT2D eigenvalue weighted by atomic mass is 9.98. The van der Waals surface area contributed by atoms with E-state index in [1.807, 2.05) is 0 Å². The lowest BCUT2D eigenvalue weighted by Gasteiger charge is -2.29. The van der Waals surface area contributed by atoms with Crippen LogP contribution in [0.1, 0.15) is 12.8 Å². The maximum atomic E-state index is 5.72. The van der Waals surface area contributed by atoms with Gasteiger partial charge in [-0.15, -0.1) is 0 Å². The van der Waals surface area contributed by atoms with E-state index in [0.717, 1.165) is 13.1 Å². The van der Waals surface area contributed by atoms with Gasteiger partial charge in [-0.05, 0) is 19.4 Å². The highest BCUT2D eigenvalue weighted by Crippen LogP contribution is 2.32. The molecule has 10 heavy (non-hydrogen) atoms. The maximum Gasteiger partial charge on any atom is 0.0517 e. The molecule has 0 radical (unpaired) electrons. The largest absolute Gasteiger partial charge is 0.328 e. The molecule has 2 rings (SSSR count). The van der Waals surface area contributed by atoms with Crippen molar-refractivity contribution in [2.75, 3.05) is 19.6 Å². The fraction of sp³-hybridized carbons (Fsp3) is 0.750. The highest BCUT2D eigenvalue weighted by atomic mass is 15.2. The summed E-state index contributed by atoms with van der Waals surface area (Å²) in [6.07, 6.45) is 7.12. The Hall–Kier alpha value is -0.340. The molecule has 2 N–H and O–H groups in total. The van der Waals surface area contributed by atoms with Crippen LogP contribution in [0.5, 0.6) is 0 Å². The smallest absolute Gasteiger partial charge is 0.0517 e. The summed E-state index contributed by atoms with van der Waals surface area (Å²) in [6.45, 7) is 3.16. The van der Waals surface area contributed by atoms with Crippen LogP contribution in [0, 0.1) is 0 Å². The molecule has 0 amide bonds. The van der Waals surface area contributed by atoms with Crippen molar-refractivity contribution < 1.29 is 0 Å². The van der Waals surface area contributed by atoms with Crippen molar-refractivity contribution in [3.8, 4) is 0 Å². The second kappa shape index (κ2) is 2.07. The molecule has 0 saturated carbocycles. The van der Waals surface area contributed by atoms with Gasteiger partial charge in [0.05, 0.1) is 5.54 Å². The second-order valence-corrected chi connectivity index (χ2v) is 3.26. The van der Waals surface area contributed by atoms with Crippen molar-refractivity contribution >= 4 is 0 Å². The summed E-state index contributed by atoms with van der Waals surface area (Å²) in [6, 6.07) is 0. The average Bonchev–Trinajstić information content (AvgIpc) is 2.42. The maximum absolute atomic E-state index is 5.72. The van der Waals surface area contributed by atoms with Gasteiger partial charge in [0.2, 0.25) is 0 Å². The Morgan fingerprint density at radius 2 is 2.50 bits per heavy atom. The number of hydrogen-bond acceptors (Lipinski definition) is 2. The van der Waals surface area contributed by atoms with Gasteiger partial charge in [-0.25, -0.2) is 0 Å². The molecule has 1 atom stereocenters. The Morgan fingerprint density at radius 3 is 3.20 bits per heavy atom. The normalized spacial score (nSPS) is 38.9. The van der Waals surface area contributed by atoms with Crippen LogP contribution in [-0.4, -0.2) is 30.1 Å². The van der Waals surface area contributed by atoms with Crippen LogP contribution in [-0.2, 0) is 0 Å². The molecule has 1 unspecified atom stereocenters. The van der Waals surface area contributed by atoms with Gasteiger partial charge in [0, 0.05) is 13.1 Å². The highest BCUT2D eigenvalue weighted by Gasteiger charge is 2.39. The van der Waals surface area contributed by atoms with E-state index < -0.39 is 0 Å². The third-order valence-corrected chi connectivity index (χ3v) is 2.77. The van der Waals surface area contributed by atoms with E-state index in [4.69, 9.17) is 5.73 Å². The number of fused-ring (bicyclic) bond motifs is 1. The Labute approximate surface area is 61.7 Å². The van der Waals surface area contributed by atoms with Gasteiger partial charge in [0.15, 0.2) is 0 Å². The summed E-state index contributed by atoms with van der Waals surface area (Å²) < 4.78 is 0. The van der Waals surface area contributed by atoms with Gasteiger partial charge in [0.1, 0.15) is 0 Å². The van der Waals surface area contributed by atoms with Crippen LogP contribution >= 0.6 is 0 Å². The predicted octanol–water partition coefficient (Wildman–Crippen LogP) is 0.349. The molecule has 0 aromatic rings. The molecule has 2 nitrogen and oxygen atoms in total. The molecule has 2 aliphatic rings. The van der Waals surface area contributed by atoms with E-state index in [9.17, 15) is 0 Å². The number of nitrogens with zero attached hydrogens (tertiary/aromatic N) is 1. The number of hydrogen-bond donors (Lipinski definition) is 1. The number of rotatable bonds is 1. The van der Waals surface area contributed by atoms with Gasteiger partial charge in [0.25, 0.3) is 0 Å². The minimum Gasteiger partial charge on any atom is -0.328 e. The molecule has 0 aromatic heterocycles. The fourth-order valence-corrected chi connectivity index (χ4v) is 2.12. The van der Waals surface area contributed by atoms with Crippen molar-refractivity contribution in [1.29, 1.82) is 0 Å². The van der Waals surface area contributed by atoms with E-state index in [-0.39, 0.29) is 5.54 Å². The van der Waals surface area contributed by atoms with Crippen LogP contribution in [0.15, 0.2) is 12.2 Å². The Morgan fingerprint density at radius 1 is 1.60 bits per heavy atom. The van der Waals surface area contributed by atoms with Gasteiger partial charge in [-0.2, -0.15) is 0 Å². The van der Waals surface area contributed by atoms with E-state index in [1.54, 1.807) is 0 Å². The first kappa shape index (κ1) is 6.38.